The molecular formula is C16H17BrN4O2S2. The van der Waals surface area contributed by atoms with Crippen molar-refractivity contribution in [2.75, 3.05) is 26.2 Å². The molecular weight excluding hydrogens is 424 g/mol. The number of aromatic nitrogens is 2. The molecule has 0 amide bonds. The van der Waals surface area contributed by atoms with Gasteiger partial charge in [-0.2, -0.15) is 9.40 Å². The van der Waals surface area contributed by atoms with Crippen molar-refractivity contribution in [2.45, 2.75) is 10.8 Å². The van der Waals surface area contributed by atoms with E-state index in [1.807, 2.05) is 28.9 Å². The topological polar surface area (TPSA) is 57.9 Å². The van der Waals surface area contributed by atoms with Gasteiger partial charge in [0.25, 0.3) is 10.0 Å². The molecule has 0 aromatic carbocycles. The molecule has 3 aromatic heterocycles. The highest BCUT2D eigenvalue weighted by molar-refractivity contribution is 9.11. The largest absolute Gasteiger partial charge is 0.295 e. The van der Waals surface area contributed by atoms with Crippen molar-refractivity contribution in [2.24, 2.45) is 0 Å². The van der Waals surface area contributed by atoms with Gasteiger partial charge in [0.2, 0.25) is 0 Å². The van der Waals surface area contributed by atoms with Gasteiger partial charge < -0.3 is 0 Å². The summed E-state index contributed by atoms with van der Waals surface area (Å²) in [6.45, 7) is 3.16. The highest BCUT2D eigenvalue weighted by atomic mass is 79.9. The molecule has 4 heterocycles. The van der Waals surface area contributed by atoms with E-state index in [-0.39, 0.29) is 0 Å². The van der Waals surface area contributed by atoms with Crippen LogP contribution in [0.25, 0.3) is 5.52 Å². The number of sulfonamides is 1. The average molecular weight is 441 g/mol. The van der Waals surface area contributed by atoms with Crippen LogP contribution in [0, 0.1) is 0 Å². The third kappa shape index (κ3) is 3.52. The number of hydrogen-bond donors (Lipinski definition) is 0. The Hall–Kier alpha value is -1.26. The molecule has 0 bridgehead atoms. The molecule has 0 atom stereocenters. The minimum atomic E-state index is -3.38. The van der Waals surface area contributed by atoms with Crippen LogP contribution < -0.4 is 0 Å². The van der Waals surface area contributed by atoms with Crippen molar-refractivity contribution in [1.29, 1.82) is 0 Å². The van der Waals surface area contributed by atoms with Crippen molar-refractivity contribution >= 4 is 42.8 Å². The third-order valence-corrected chi connectivity index (χ3v) is 8.27. The summed E-state index contributed by atoms with van der Waals surface area (Å²) in [6.07, 6.45) is 1.93. The summed E-state index contributed by atoms with van der Waals surface area (Å²) >= 11 is 4.58. The second-order valence-electron chi connectivity index (χ2n) is 5.94. The van der Waals surface area contributed by atoms with E-state index in [0.29, 0.717) is 30.4 Å². The second kappa shape index (κ2) is 6.81. The van der Waals surface area contributed by atoms with E-state index in [2.05, 4.69) is 32.0 Å². The Morgan fingerprint density at radius 1 is 1.12 bits per heavy atom. The summed E-state index contributed by atoms with van der Waals surface area (Å²) in [6, 6.07) is 11.5. The lowest BCUT2D eigenvalue weighted by Crippen LogP contribution is -2.48. The Balaban J connectivity index is 1.41. The van der Waals surface area contributed by atoms with Crippen LogP contribution in [0.4, 0.5) is 0 Å². The van der Waals surface area contributed by atoms with E-state index in [9.17, 15) is 8.42 Å². The molecule has 1 saturated heterocycles. The van der Waals surface area contributed by atoms with Gasteiger partial charge in [-0.05, 0) is 46.3 Å². The first-order chi connectivity index (χ1) is 12.0. The SMILES string of the molecule is O=S(=O)(c1ccc(Br)s1)N1CCN(Cc2cc3ccccn3n2)CC1. The second-order valence-corrected chi connectivity index (χ2v) is 10.6. The molecule has 3 aromatic rings. The number of piperazine rings is 1. The molecule has 4 rings (SSSR count). The molecule has 25 heavy (non-hydrogen) atoms. The van der Waals surface area contributed by atoms with Crippen molar-refractivity contribution in [1.82, 2.24) is 18.8 Å². The fraction of sp³-hybridized carbons (Fsp3) is 0.312. The molecule has 0 N–H and O–H groups in total. The summed E-state index contributed by atoms with van der Waals surface area (Å²) in [4.78, 5) is 2.25. The van der Waals surface area contributed by atoms with E-state index >= 15 is 0 Å². The predicted octanol–water partition coefficient (Wildman–Crippen LogP) is 2.66. The minimum Gasteiger partial charge on any atom is -0.295 e. The van der Waals surface area contributed by atoms with Crippen LogP contribution in [0.3, 0.4) is 0 Å². The zero-order valence-corrected chi connectivity index (χ0v) is 16.6. The Morgan fingerprint density at radius 2 is 1.92 bits per heavy atom. The Kier molecular flexibility index (Phi) is 4.67. The average Bonchev–Trinajstić information content (AvgIpc) is 3.21. The molecule has 1 aliphatic rings. The van der Waals surface area contributed by atoms with Gasteiger partial charge in [0.15, 0.2) is 0 Å². The first kappa shape index (κ1) is 17.2. The van der Waals surface area contributed by atoms with Gasteiger partial charge in [0, 0.05) is 38.9 Å². The van der Waals surface area contributed by atoms with Crippen LogP contribution in [0.15, 0.2) is 50.6 Å². The minimum absolute atomic E-state index is 0.396. The number of halogens is 1. The molecule has 0 radical (unpaired) electrons. The van der Waals surface area contributed by atoms with E-state index in [1.54, 1.807) is 16.4 Å². The Morgan fingerprint density at radius 3 is 2.60 bits per heavy atom. The maximum atomic E-state index is 12.7. The van der Waals surface area contributed by atoms with Gasteiger partial charge in [-0.25, -0.2) is 12.9 Å². The summed E-state index contributed by atoms with van der Waals surface area (Å²) in [7, 11) is -3.38. The molecule has 0 spiro atoms. The zero-order valence-electron chi connectivity index (χ0n) is 13.4. The van der Waals surface area contributed by atoms with Crippen LogP contribution in [-0.4, -0.2) is 53.4 Å². The molecule has 1 aliphatic heterocycles. The van der Waals surface area contributed by atoms with E-state index in [4.69, 9.17) is 0 Å². The standard InChI is InChI=1S/C16H17BrN4O2S2/c17-15-4-5-16(24-15)25(22,23)20-9-7-19(8-10-20)12-13-11-14-3-1-2-6-21(14)18-13/h1-6,11H,7-10,12H2. The van der Waals surface area contributed by atoms with Crippen LogP contribution in [0.2, 0.25) is 0 Å². The van der Waals surface area contributed by atoms with Crippen molar-refractivity contribution < 1.29 is 8.42 Å². The first-order valence-electron chi connectivity index (χ1n) is 7.93. The lowest BCUT2D eigenvalue weighted by molar-refractivity contribution is 0.180. The summed E-state index contributed by atoms with van der Waals surface area (Å²) in [5.74, 6) is 0. The zero-order chi connectivity index (χ0) is 17.4. The number of fused-ring (bicyclic) bond motifs is 1. The monoisotopic (exact) mass is 440 g/mol. The molecule has 0 aliphatic carbocycles. The Bertz CT molecular complexity index is 957. The fourth-order valence-corrected chi connectivity index (χ4v) is 6.58. The smallest absolute Gasteiger partial charge is 0.252 e. The van der Waals surface area contributed by atoms with Crippen molar-refractivity contribution in [3.05, 3.63) is 52.1 Å². The van der Waals surface area contributed by atoms with Gasteiger partial charge in [-0.1, -0.05) is 6.07 Å². The van der Waals surface area contributed by atoms with Crippen LogP contribution in [0.1, 0.15) is 5.69 Å². The molecule has 0 unspecified atom stereocenters. The number of thiophene rings is 1. The van der Waals surface area contributed by atoms with Crippen LogP contribution in [-0.2, 0) is 16.6 Å². The van der Waals surface area contributed by atoms with E-state index in [0.717, 1.165) is 21.5 Å². The van der Waals surface area contributed by atoms with Gasteiger partial charge in [-0.15, -0.1) is 11.3 Å². The highest BCUT2D eigenvalue weighted by Crippen LogP contribution is 2.29. The van der Waals surface area contributed by atoms with E-state index in [1.165, 1.54) is 11.3 Å². The maximum absolute atomic E-state index is 12.7. The quantitative estimate of drug-likeness (QED) is 0.625. The fourth-order valence-electron chi connectivity index (χ4n) is 2.99. The maximum Gasteiger partial charge on any atom is 0.252 e. The van der Waals surface area contributed by atoms with Crippen LogP contribution >= 0.6 is 27.3 Å². The predicted molar refractivity (Wildman–Crippen MR) is 101 cm³/mol. The van der Waals surface area contributed by atoms with Gasteiger partial charge in [-0.3, -0.25) is 4.90 Å². The molecule has 0 saturated carbocycles. The molecule has 1 fully saturated rings. The lowest BCUT2D eigenvalue weighted by Gasteiger charge is -2.33. The van der Waals surface area contributed by atoms with Gasteiger partial charge in [0.1, 0.15) is 4.21 Å². The third-order valence-electron chi connectivity index (χ3n) is 4.28. The molecule has 9 heteroatoms. The number of rotatable bonds is 4. The number of pyridine rings is 1. The first-order valence-corrected chi connectivity index (χ1v) is 11.0. The highest BCUT2D eigenvalue weighted by Gasteiger charge is 2.29. The van der Waals surface area contributed by atoms with Crippen LogP contribution in [0.5, 0.6) is 0 Å². The Labute approximate surface area is 158 Å². The summed E-state index contributed by atoms with van der Waals surface area (Å²) in [5.41, 5.74) is 2.08. The summed E-state index contributed by atoms with van der Waals surface area (Å²) in [5, 5.41) is 4.56. The molecule has 132 valence electrons. The van der Waals surface area contributed by atoms with Gasteiger partial charge >= 0.3 is 0 Å². The molecule has 6 nitrogen and oxygen atoms in total. The lowest BCUT2D eigenvalue weighted by atomic mass is 10.3. The van der Waals surface area contributed by atoms with Gasteiger partial charge in [0.05, 0.1) is 15.0 Å². The number of nitrogens with zero attached hydrogens (tertiary/aromatic N) is 4. The van der Waals surface area contributed by atoms with Crippen molar-refractivity contribution in [3.63, 3.8) is 0 Å². The van der Waals surface area contributed by atoms with Crippen molar-refractivity contribution in [3.8, 4) is 0 Å². The summed E-state index contributed by atoms with van der Waals surface area (Å²) < 4.78 is 30.0. The normalized spacial score (nSPS) is 17.3. The van der Waals surface area contributed by atoms with E-state index < -0.39 is 10.0 Å². The number of hydrogen-bond acceptors (Lipinski definition) is 5.